The summed E-state index contributed by atoms with van der Waals surface area (Å²) in [5.74, 6) is 4.20. The minimum Gasteiger partial charge on any atom is -0.499 e. The number of H-pyrrole nitrogens is 1. The molecule has 0 amide bonds. The lowest BCUT2D eigenvalue weighted by atomic mass is 10.1. The normalized spacial score (nSPS) is 19.0. The Morgan fingerprint density at radius 3 is 2.82 bits per heavy atom. The second kappa shape index (κ2) is 10.2. The van der Waals surface area contributed by atoms with Crippen LogP contribution >= 0.6 is 0 Å². The molecule has 2 aromatic heterocycles. The fraction of sp³-hybridized carbons (Fsp3) is 0.565. The van der Waals surface area contributed by atoms with Gasteiger partial charge < -0.3 is 31.0 Å². The molecular weight excluding hydrogens is 418 g/mol. The van der Waals surface area contributed by atoms with Crippen molar-refractivity contribution in [2.24, 2.45) is 5.92 Å². The summed E-state index contributed by atoms with van der Waals surface area (Å²) in [6.45, 7) is 9.20. The van der Waals surface area contributed by atoms with Crippen LogP contribution in [0.2, 0.25) is 0 Å². The van der Waals surface area contributed by atoms with Crippen molar-refractivity contribution in [1.29, 1.82) is 5.41 Å². The smallest absolute Gasteiger partial charge is 0.227 e. The quantitative estimate of drug-likeness (QED) is 0.274. The van der Waals surface area contributed by atoms with Crippen molar-refractivity contribution in [3.63, 3.8) is 0 Å². The molecule has 3 heterocycles. The molecule has 2 aliphatic rings. The van der Waals surface area contributed by atoms with Gasteiger partial charge in [0.1, 0.15) is 17.4 Å². The van der Waals surface area contributed by atoms with E-state index in [-0.39, 0.29) is 5.92 Å². The molecule has 178 valence electrons. The van der Waals surface area contributed by atoms with Gasteiger partial charge in [-0.05, 0) is 31.8 Å². The standard InChI is InChI=1S/C23H35N9O/c1-14(2)18(24)9-17(33-4)12-26-23-28-20(27-21-10-19(30-31-21)16-5-6-16)11-22(29-23)32-8-7-25-15(3)13-32/h9-11,14-16,24-25H,5-8,12-13H2,1-4H3,(H3,26,27,28,29,30,31)/b17-9-,24-18?/t15-/m1/s1. The molecule has 10 heteroatoms. The van der Waals surface area contributed by atoms with Crippen molar-refractivity contribution in [3.8, 4) is 0 Å². The van der Waals surface area contributed by atoms with E-state index >= 15 is 0 Å². The zero-order valence-corrected chi connectivity index (χ0v) is 19.9. The number of anilines is 4. The molecule has 0 bridgehead atoms. The van der Waals surface area contributed by atoms with E-state index in [1.165, 1.54) is 18.5 Å². The van der Waals surface area contributed by atoms with Crippen molar-refractivity contribution in [2.75, 3.05) is 48.8 Å². The maximum absolute atomic E-state index is 8.09. The molecule has 1 aliphatic carbocycles. The third-order valence-electron chi connectivity index (χ3n) is 5.90. The number of nitrogens with one attached hydrogen (secondary N) is 5. The van der Waals surface area contributed by atoms with Gasteiger partial charge in [0.25, 0.3) is 0 Å². The highest BCUT2D eigenvalue weighted by atomic mass is 16.5. The van der Waals surface area contributed by atoms with Crippen LogP contribution in [0.4, 0.5) is 23.4 Å². The molecule has 0 unspecified atom stereocenters. The van der Waals surface area contributed by atoms with E-state index in [2.05, 4.69) is 49.0 Å². The Morgan fingerprint density at radius 1 is 1.30 bits per heavy atom. The van der Waals surface area contributed by atoms with Gasteiger partial charge in [-0.1, -0.05) is 13.8 Å². The molecule has 1 aliphatic heterocycles. The summed E-state index contributed by atoms with van der Waals surface area (Å²) < 4.78 is 5.46. The van der Waals surface area contributed by atoms with Gasteiger partial charge in [-0.3, -0.25) is 5.10 Å². The molecule has 5 N–H and O–H groups in total. The molecule has 1 saturated heterocycles. The highest BCUT2D eigenvalue weighted by molar-refractivity contribution is 5.94. The maximum Gasteiger partial charge on any atom is 0.227 e. The Bertz CT molecular complexity index is 996. The molecule has 4 rings (SSSR count). The monoisotopic (exact) mass is 453 g/mol. The van der Waals surface area contributed by atoms with Gasteiger partial charge >= 0.3 is 0 Å². The summed E-state index contributed by atoms with van der Waals surface area (Å²) in [6.07, 6.45) is 4.19. The van der Waals surface area contributed by atoms with Crippen LogP contribution in [0.15, 0.2) is 24.0 Å². The van der Waals surface area contributed by atoms with Gasteiger partial charge in [0.05, 0.1) is 13.7 Å². The number of hydrogen-bond donors (Lipinski definition) is 5. The zero-order chi connectivity index (χ0) is 23.4. The highest BCUT2D eigenvalue weighted by Gasteiger charge is 2.25. The number of hydrogen-bond acceptors (Lipinski definition) is 9. The number of piperazine rings is 1. The summed E-state index contributed by atoms with van der Waals surface area (Å²) in [7, 11) is 1.61. The van der Waals surface area contributed by atoms with Crippen molar-refractivity contribution in [1.82, 2.24) is 25.5 Å². The Morgan fingerprint density at radius 2 is 2.12 bits per heavy atom. The Labute approximate surface area is 195 Å². The van der Waals surface area contributed by atoms with Gasteiger partial charge in [0, 0.05) is 55.1 Å². The first kappa shape index (κ1) is 23.0. The molecular formula is C23H35N9O. The molecule has 1 saturated carbocycles. The fourth-order valence-corrected chi connectivity index (χ4v) is 3.70. The van der Waals surface area contributed by atoms with Crippen molar-refractivity contribution in [2.45, 2.75) is 45.6 Å². The number of nitrogens with zero attached hydrogens (tertiary/aromatic N) is 4. The lowest BCUT2D eigenvalue weighted by Gasteiger charge is -2.33. The summed E-state index contributed by atoms with van der Waals surface area (Å²) in [6, 6.07) is 4.41. The zero-order valence-electron chi connectivity index (χ0n) is 19.9. The topological polar surface area (TPSA) is 127 Å². The van der Waals surface area contributed by atoms with E-state index in [0.717, 1.165) is 31.3 Å². The van der Waals surface area contributed by atoms with Crippen LogP contribution in [0, 0.1) is 11.3 Å². The minimum absolute atomic E-state index is 0.134. The molecule has 0 radical (unpaired) electrons. The van der Waals surface area contributed by atoms with E-state index in [4.69, 9.17) is 15.1 Å². The molecule has 2 fully saturated rings. The maximum atomic E-state index is 8.09. The highest BCUT2D eigenvalue weighted by Crippen LogP contribution is 2.39. The van der Waals surface area contributed by atoms with Crippen molar-refractivity contribution in [3.05, 3.63) is 29.7 Å². The van der Waals surface area contributed by atoms with Gasteiger partial charge in [0.2, 0.25) is 5.95 Å². The predicted octanol–water partition coefficient (Wildman–Crippen LogP) is 3.24. The second-order valence-corrected chi connectivity index (χ2v) is 9.12. The molecule has 1 atom stereocenters. The van der Waals surface area contributed by atoms with Crippen LogP contribution in [0.25, 0.3) is 0 Å². The van der Waals surface area contributed by atoms with Crippen LogP contribution in [0.5, 0.6) is 0 Å². The number of aromatic nitrogens is 4. The first-order chi connectivity index (χ1) is 15.9. The van der Waals surface area contributed by atoms with E-state index in [9.17, 15) is 0 Å². The van der Waals surface area contributed by atoms with Crippen LogP contribution < -0.4 is 20.9 Å². The molecule has 0 aromatic carbocycles. The number of allylic oxidation sites excluding steroid dienone is 1. The lowest BCUT2D eigenvalue weighted by molar-refractivity contribution is 0.290. The third kappa shape index (κ3) is 6.22. The first-order valence-electron chi connectivity index (χ1n) is 11.7. The third-order valence-corrected chi connectivity index (χ3v) is 5.90. The SMILES string of the molecule is CO/C(=C\C(=N)C(C)C)CNc1nc(Nc2cc(C3CC3)[nH]n2)cc(N2CCN[C@H](C)C2)n1. The molecule has 2 aromatic rings. The largest absolute Gasteiger partial charge is 0.499 e. The number of ether oxygens (including phenoxy) is 1. The average Bonchev–Trinajstić information content (AvgIpc) is 3.55. The van der Waals surface area contributed by atoms with Crippen molar-refractivity contribution >= 4 is 29.1 Å². The van der Waals surface area contributed by atoms with E-state index < -0.39 is 0 Å². The van der Waals surface area contributed by atoms with Crippen LogP contribution in [-0.2, 0) is 4.74 Å². The van der Waals surface area contributed by atoms with E-state index in [0.29, 0.717) is 41.7 Å². The van der Waals surface area contributed by atoms with Gasteiger partial charge in [-0.15, -0.1) is 0 Å². The number of methoxy groups -OCH3 is 1. The lowest BCUT2D eigenvalue weighted by Crippen LogP contribution is -2.49. The van der Waals surface area contributed by atoms with Gasteiger partial charge in [-0.25, -0.2) is 0 Å². The summed E-state index contributed by atoms with van der Waals surface area (Å²) in [4.78, 5) is 11.7. The van der Waals surface area contributed by atoms with Crippen LogP contribution in [0.1, 0.15) is 45.2 Å². The predicted molar refractivity (Wildman–Crippen MR) is 132 cm³/mol. The second-order valence-electron chi connectivity index (χ2n) is 9.12. The summed E-state index contributed by atoms with van der Waals surface area (Å²) >= 11 is 0. The van der Waals surface area contributed by atoms with E-state index in [1.807, 2.05) is 19.9 Å². The van der Waals surface area contributed by atoms with Crippen molar-refractivity contribution < 1.29 is 4.74 Å². The Balaban J connectivity index is 1.54. The first-order valence-corrected chi connectivity index (χ1v) is 11.7. The van der Waals surface area contributed by atoms with Crippen LogP contribution in [0.3, 0.4) is 0 Å². The summed E-state index contributed by atoms with van der Waals surface area (Å²) in [5, 5.41) is 25.7. The average molecular weight is 454 g/mol. The Hall–Kier alpha value is -3.14. The Kier molecular flexibility index (Phi) is 7.12. The molecule has 10 nitrogen and oxygen atoms in total. The number of aromatic amines is 1. The fourth-order valence-electron chi connectivity index (χ4n) is 3.70. The van der Waals surface area contributed by atoms with E-state index in [1.54, 1.807) is 13.2 Å². The molecule has 33 heavy (non-hydrogen) atoms. The van der Waals surface area contributed by atoms with Gasteiger partial charge in [-0.2, -0.15) is 15.1 Å². The molecule has 0 spiro atoms. The van der Waals surface area contributed by atoms with Gasteiger partial charge in [0.15, 0.2) is 5.82 Å². The van der Waals surface area contributed by atoms with Crippen LogP contribution in [-0.4, -0.2) is 65.2 Å². The minimum atomic E-state index is 0.134. The number of rotatable bonds is 10. The summed E-state index contributed by atoms with van der Waals surface area (Å²) in [5.41, 5.74) is 1.69.